The molecule has 0 saturated heterocycles. The Morgan fingerprint density at radius 3 is 2.85 bits per heavy atom. The predicted molar refractivity (Wildman–Crippen MR) is 53.8 cm³/mol. The minimum atomic E-state index is -0.124. The maximum absolute atomic E-state index is 6.02. The predicted octanol–water partition coefficient (Wildman–Crippen LogP) is 2.70. The molecule has 2 nitrogen and oxygen atoms in total. The van der Waals surface area contributed by atoms with Crippen LogP contribution in [0.4, 0.5) is 0 Å². The molecule has 0 amide bonds. The molecule has 1 unspecified atom stereocenters. The summed E-state index contributed by atoms with van der Waals surface area (Å²) in [5.74, 6) is 0.860. The van der Waals surface area contributed by atoms with Crippen LogP contribution in [-0.2, 0) is 0 Å². The van der Waals surface area contributed by atoms with Crippen molar-refractivity contribution in [3.63, 3.8) is 0 Å². The highest BCUT2D eigenvalue weighted by atomic mass is 32.1. The molecule has 0 aliphatic rings. The van der Waals surface area contributed by atoms with E-state index in [1.165, 1.54) is 0 Å². The molecule has 1 atom stereocenters. The van der Waals surface area contributed by atoms with E-state index in [2.05, 4.69) is 0 Å². The summed E-state index contributed by atoms with van der Waals surface area (Å²) < 4.78 is 5.33. The van der Waals surface area contributed by atoms with Crippen LogP contribution in [0, 0.1) is 6.92 Å². The number of thiophene rings is 1. The minimum Gasteiger partial charge on any atom is -0.467 e. The van der Waals surface area contributed by atoms with Crippen molar-refractivity contribution in [3.8, 4) is 0 Å². The van der Waals surface area contributed by atoms with Gasteiger partial charge in [0.2, 0.25) is 0 Å². The lowest BCUT2D eigenvalue weighted by Crippen LogP contribution is -2.10. The van der Waals surface area contributed by atoms with Gasteiger partial charge >= 0.3 is 0 Å². The molecule has 2 aromatic rings. The molecule has 0 aliphatic carbocycles. The third kappa shape index (κ3) is 1.53. The fourth-order valence-corrected chi connectivity index (χ4v) is 2.00. The first-order chi connectivity index (χ1) is 6.29. The Morgan fingerprint density at radius 2 is 2.31 bits per heavy atom. The van der Waals surface area contributed by atoms with Gasteiger partial charge in [0.25, 0.3) is 0 Å². The number of nitrogens with two attached hydrogens (primary N) is 1. The van der Waals surface area contributed by atoms with E-state index < -0.39 is 0 Å². The van der Waals surface area contributed by atoms with E-state index in [0.29, 0.717) is 0 Å². The molecule has 2 aromatic heterocycles. The van der Waals surface area contributed by atoms with Crippen molar-refractivity contribution in [2.45, 2.75) is 13.0 Å². The van der Waals surface area contributed by atoms with Crippen LogP contribution in [-0.4, -0.2) is 0 Å². The van der Waals surface area contributed by atoms with Crippen LogP contribution in [0.5, 0.6) is 0 Å². The van der Waals surface area contributed by atoms with Gasteiger partial charge in [0.05, 0.1) is 12.3 Å². The second-order valence-corrected chi connectivity index (χ2v) is 3.78. The minimum absolute atomic E-state index is 0.124. The molecule has 2 rings (SSSR count). The summed E-state index contributed by atoms with van der Waals surface area (Å²) in [4.78, 5) is 0. The van der Waals surface area contributed by atoms with E-state index >= 15 is 0 Å². The average molecular weight is 193 g/mol. The molecule has 0 aliphatic heterocycles. The Balaban J connectivity index is 2.33. The van der Waals surface area contributed by atoms with Gasteiger partial charge < -0.3 is 10.2 Å². The normalized spacial score (nSPS) is 13.1. The first kappa shape index (κ1) is 8.53. The van der Waals surface area contributed by atoms with Gasteiger partial charge in [-0.25, -0.2) is 0 Å². The number of furan rings is 1. The fourth-order valence-electron chi connectivity index (χ4n) is 1.31. The Bertz CT molecular complexity index is 377. The summed E-state index contributed by atoms with van der Waals surface area (Å²) in [5.41, 5.74) is 8.24. The fraction of sp³-hybridized carbons (Fsp3) is 0.200. The van der Waals surface area contributed by atoms with Gasteiger partial charge in [0.1, 0.15) is 5.76 Å². The molecule has 0 aromatic carbocycles. The van der Waals surface area contributed by atoms with E-state index in [4.69, 9.17) is 10.2 Å². The van der Waals surface area contributed by atoms with Gasteiger partial charge in [0, 0.05) is 0 Å². The van der Waals surface area contributed by atoms with E-state index in [0.717, 1.165) is 16.9 Å². The monoisotopic (exact) mass is 193 g/mol. The number of rotatable bonds is 2. The second kappa shape index (κ2) is 3.36. The molecule has 0 radical (unpaired) electrons. The Morgan fingerprint density at radius 1 is 1.46 bits per heavy atom. The van der Waals surface area contributed by atoms with Crippen molar-refractivity contribution in [3.05, 3.63) is 46.0 Å². The maximum atomic E-state index is 6.02. The molecular weight excluding hydrogens is 182 g/mol. The van der Waals surface area contributed by atoms with Crippen LogP contribution in [0.2, 0.25) is 0 Å². The first-order valence-electron chi connectivity index (χ1n) is 4.10. The van der Waals surface area contributed by atoms with Crippen LogP contribution < -0.4 is 5.73 Å². The van der Waals surface area contributed by atoms with Gasteiger partial charge in [-0.1, -0.05) is 0 Å². The van der Waals surface area contributed by atoms with E-state index in [-0.39, 0.29) is 6.04 Å². The lowest BCUT2D eigenvalue weighted by molar-refractivity contribution is 0.487. The summed E-state index contributed by atoms with van der Waals surface area (Å²) in [7, 11) is 0. The number of aryl methyl sites for hydroxylation is 1. The molecule has 0 saturated carbocycles. The molecule has 13 heavy (non-hydrogen) atoms. The highest BCUT2D eigenvalue weighted by Gasteiger charge is 2.14. The first-order valence-corrected chi connectivity index (χ1v) is 5.05. The quantitative estimate of drug-likeness (QED) is 0.796. The molecule has 0 fully saturated rings. The van der Waals surface area contributed by atoms with Crippen molar-refractivity contribution in [2.24, 2.45) is 5.73 Å². The maximum Gasteiger partial charge on any atom is 0.127 e. The second-order valence-electron chi connectivity index (χ2n) is 3.00. The van der Waals surface area contributed by atoms with Gasteiger partial charge in [-0.15, -0.1) is 0 Å². The Labute approximate surface area is 81.0 Å². The lowest BCUT2D eigenvalue weighted by Gasteiger charge is -2.07. The van der Waals surface area contributed by atoms with E-state index in [1.54, 1.807) is 17.6 Å². The summed E-state index contributed by atoms with van der Waals surface area (Å²) >= 11 is 1.65. The topological polar surface area (TPSA) is 39.2 Å². The number of hydrogen-bond donors (Lipinski definition) is 1. The summed E-state index contributed by atoms with van der Waals surface area (Å²) in [5, 5.41) is 4.07. The molecule has 0 spiro atoms. The van der Waals surface area contributed by atoms with Crippen LogP contribution in [0.15, 0.2) is 33.6 Å². The molecule has 3 heteroatoms. The molecule has 2 N–H and O–H groups in total. The average Bonchev–Trinajstić information content (AvgIpc) is 2.72. The van der Waals surface area contributed by atoms with Crippen LogP contribution >= 0.6 is 11.3 Å². The van der Waals surface area contributed by atoms with Crippen molar-refractivity contribution < 1.29 is 4.42 Å². The Hall–Kier alpha value is -1.06. The highest BCUT2D eigenvalue weighted by Crippen LogP contribution is 2.24. The van der Waals surface area contributed by atoms with Crippen molar-refractivity contribution >= 4 is 11.3 Å². The Kier molecular flexibility index (Phi) is 2.20. The number of hydrogen-bond acceptors (Lipinski definition) is 3. The van der Waals surface area contributed by atoms with Gasteiger partial charge in [-0.2, -0.15) is 11.3 Å². The third-order valence-corrected chi connectivity index (χ3v) is 2.79. The highest BCUT2D eigenvalue weighted by molar-refractivity contribution is 7.07. The zero-order valence-corrected chi connectivity index (χ0v) is 8.17. The standard InChI is InChI=1S/C10H11NOS/c1-7-2-4-12-10(7)9(11)8-3-5-13-6-8/h2-6,9H,11H2,1H3. The zero-order valence-electron chi connectivity index (χ0n) is 7.36. The molecular formula is C10H11NOS. The van der Waals surface area contributed by atoms with Crippen LogP contribution in [0.3, 0.4) is 0 Å². The van der Waals surface area contributed by atoms with Gasteiger partial charge in [0.15, 0.2) is 0 Å². The van der Waals surface area contributed by atoms with Crippen molar-refractivity contribution in [2.75, 3.05) is 0 Å². The third-order valence-electron chi connectivity index (χ3n) is 2.09. The van der Waals surface area contributed by atoms with Gasteiger partial charge in [-0.3, -0.25) is 0 Å². The van der Waals surface area contributed by atoms with Crippen LogP contribution in [0.25, 0.3) is 0 Å². The molecule has 68 valence electrons. The zero-order chi connectivity index (χ0) is 9.26. The SMILES string of the molecule is Cc1ccoc1C(N)c1ccsc1. The summed E-state index contributed by atoms with van der Waals surface area (Å²) in [6.07, 6.45) is 1.68. The van der Waals surface area contributed by atoms with Crippen molar-refractivity contribution in [1.82, 2.24) is 0 Å². The molecule has 0 bridgehead atoms. The summed E-state index contributed by atoms with van der Waals surface area (Å²) in [6.45, 7) is 2.01. The smallest absolute Gasteiger partial charge is 0.127 e. The van der Waals surface area contributed by atoms with E-state index in [9.17, 15) is 0 Å². The molecule has 2 heterocycles. The van der Waals surface area contributed by atoms with E-state index in [1.807, 2.05) is 29.8 Å². The van der Waals surface area contributed by atoms with Gasteiger partial charge in [-0.05, 0) is 40.9 Å². The largest absolute Gasteiger partial charge is 0.467 e. The van der Waals surface area contributed by atoms with Crippen molar-refractivity contribution in [1.29, 1.82) is 0 Å². The van der Waals surface area contributed by atoms with Crippen LogP contribution in [0.1, 0.15) is 22.9 Å². The lowest BCUT2D eigenvalue weighted by atomic mass is 10.1. The summed E-state index contributed by atoms with van der Waals surface area (Å²) in [6, 6.07) is 3.83.